The molecule has 1 aromatic heterocycles. The molecule has 0 amide bonds. The summed E-state index contributed by atoms with van der Waals surface area (Å²) < 4.78 is 4.37. The first-order valence-corrected chi connectivity index (χ1v) is 9.83. The Balaban J connectivity index is 0.000000218. The third-order valence-corrected chi connectivity index (χ3v) is 5.76. The second-order valence-corrected chi connectivity index (χ2v) is 8.18. The molecular weight excluding hydrogens is 332 g/mol. The summed E-state index contributed by atoms with van der Waals surface area (Å²) in [7, 11) is 0. The first-order valence-electron chi connectivity index (χ1n) is 9.83. The third-order valence-electron chi connectivity index (χ3n) is 5.76. The van der Waals surface area contributed by atoms with E-state index in [-0.39, 0.29) is 11.0 Å². The van der Waals surface area contributed by atoms with Crippen LogP contribution >= 0.6 is 0 Å². The van der Waals surface area contributed by atoms with Crippen LogP contribution in [0, 0.1) is 0 Å². The molecule has 0 spiro atoms. The lowest BCUT2D eigenvalue weighted by molar-refractivity contribution is 0.505. The number of rotatable bonds is 0. The molecule has 2 heteroatoms. The Kier molecular flexibility index (Phi) is 4.73. The van der Waals surface area contributed by atoms with Crippen LogP contribution in [0.5, 0.6) is 0 Å². The quantitative estimate of drug-likeness (QED) is 0.515. The highest BCUT2D eigenvalue weighted by molar-refractivity contribution is 5.77. The first-order chi connectivity index (χ1) is 13.1. The van der Waals surface area contributed by atoms with Crippen molar-refractivity contribution in [3.8, 4) is 11.1 Å². The van der Waals surface area contributed by atoms with Gasteiger partial charge in [-0.2, -0.15) is 0 Å². The summed E-state index contributed by atoms with van der Waals surface area (Å²) in [5.41, 5.74) is 9.38. The summed E-state index contributed by atoms with van der Waals surface area (Å²) >= 11 is 0. The number of fused-ring (bicyclic) bond motifs is 5. The number of hydrogen-bond acceptors (Lipinski definition) is 2. The molecule has 0 atom stereocenters. The number of hydrogen-bond donors (Lipinski definition) is 0. The van der Waals surface area contributed by atoms with Crippen LogP contribution in [0.2, 0.25) is 0 Å². The highest BCUT2D eigenvalue weighted by Crippen LogP contribution is 2.46. The minimum Gasteiger partial charge on any atom is -0.431 e. The predicted octanol–water partition coefficient (Wildman–Crippen LogP) is 5.71. The molecule has 2 nitrogen and oxygen atoms in total. The highest BCUT2D eigenvalue weighted by atomic mass is 16.4. The molecule has 0 unspecified atom stereocenters. The molecule has 2 aliphatic carbocycles. The van der Waals surface area contributed by atoms with Crippen molar-refractivity contribution in [2.75, 3.05) is 0 Å². The van der Waals surface area contributed by atoms with E-state index < -0.39 is 0 Å². The van der Waals surface area contributed by atoms with Gasteiger partial charge in [0.2, 0.25) is 0 Å². The minimum absolute atomic E-state index is 0.270. The van der Waals surface area contributed by atoms with Gasteiger partial charge in [-0.15, -0.1) is 0 Å². The van der Waals surface area contributed by atoms with Crippen molar-refractivity contribution in [3.63, 3.8) is 0 Å². The summed E-state index contributed by atoms with van der Waals surface area (Å²) in [4.78, 5) is 10.1. The van der Waals surface area contributed by atoms with Crippen molar-refractivity contribution in [1.82, 2.24) is 0 Å². The van der Waals surface area contributed by atoms with Crippen molar-refractivity contribution in [2.24, 2.45) is 0 Å². The molecule has 2 aliphatic rings. The summed E-state index contributed by atoms with van der Waals surface area (Å²) in [6.45, 7) is 4.85. The van der Waals surface area contributed by atoms with Crippen molar-refractivity contribution in [1.29, 1.82) is 0 Å². The molecule has 0 aliphatic heterocycles. The smallest absolute Gasteiger partial charge is 0.335 e. The van der Waals surface area contributed by atoms with Crippen molar-refractivity contribution in [3.05, 3.63) is 93.5 Å². The lowest BCUT2D eigenvalue weighted by Gasteiger charge is -2.38. The maximum atomic E-state index is 10.1. The Bertz CT molecular complexity index is 993. The predicted molar refractivity (Wildman–Crippen MR) is 110 cm³/mol. The van der Waals surface area contributed by atoms with Gasteiger partial charge in [-0.25, -0.2) is 4.79 Å². The molecule has 0 saturated carbocycles. The molecule has 0 bridgehead atoms. The Morgan fingerprint density at radius 2 is 1.59 bits per heavy atom. The van der Waals surface area contributed by atoms with E-state index in [0.29, 0.717) is 0 Å². The van der Waals surface area contributed by atoms with Crippen LogP contribution in [0.4, 0.5) is 0 Å². The second-order valence-electron chi connectivity index (χ2n) is 8.18. The molecule has 2 aromatic carbocycles. The summed E-state index contributed by atoms with van der Waals surface area (Å²) in [6.07, 6.45) is 7.81. The molecule has 0 radical (unpaired) electrons. The van der Waals surface area contributed by atoms with Gasteiger partial charge in [-0.3, -0.25) is 0 Å². The van der Waals surface area contributed by atoms with E-state index in [1.54, 1.807) is 28.8 Å². The fourth-order valence-corrected chi connectivity index (χ4v) is 4.65. The van der Waals surface area contributed by atoms with Crippen molar-refractivity contribution in [2.45, 2.75) is 51.4 Å². The Morgan fingerprint density at radius 3 is 2.33 bits per heavy atom. The van der Waals surface area contributed by atoms with Gasteiger partial charge in [0.1, 0.15) is 0 Å². The van der Waals surface area contributed by atoms with E-state index in [2.05, 4.69) is 54.7 Å². The van der Waals surface area contributed by atoms with E-state index in [9.17, 15) is 4.79 Å². The van der Waals surface area contributed by atoms with Crippen LogP contribution < -0.4 is 5.63 Å². The molecule has 138 valence electrons. The van der Waals surface area contributed by atoms with Crippen molar-refractivity contribution >= 4 is 0 Å². The van der Waals surface area contributed by atoms with Crippen LogP contribution in [0.15, 0.2) is 70.1 Å². The molecular formula is C25H26O2. The Morgan fingerprint density at radius 1 is 0.815 bits per heavy atom. The second kappa shape index (κ2) is 7.19. The average Bonchev–Trinajstić information content (AvgIpc) is 2.68. The summed E-state index contributed by atoms with van der Waals surface area (Å²) in [5.74, 6) is 0. The fraction of sp³-hybridized carbons (Fsp3) is 0.320. The zero-order valence-corrected chi connectivity index (χ0v) is 16.1. The molecule has 5 rings (SSSR count). The topological polar surface area (TPSA) is 30.2 Å². The zero-order chi connectivity index (χ0) is 18.9. The van der Waals surface area contributed by atoms with Crippen molar-refractivity contribution < 1.29 is 4.42 Å². The van der Waals surface area contributed by atoms with Gasteiger partial charge in [0.05, 0.1) is 6.26 Å². The lowest BCUT2D eigenvalue weighted by atomic mass is 9.66. The first kappa shape index (κ1) is 17.8. The van der Waals surface area contributed by atoms with E-state index in [1.165, 1.54) is 61.1 Å². The number of aryl methyl sites for hydroxylation is 1. The average molecular weight is 358 g/mol. The van der Waals surface area contributed by atoms with E-state index in [0.717, 1.165) is 0 Å². The minimum atomic E-state index is -0.303. The summed E-state index contributed by atoms with van der Waals surface area (Å²) in [6, 6.07) is 18.4. The molecule has 0 N–H and O–H groups in total. The normalized spacial score (nSPS) is 16.2. The molecule has 0 fully saturated rings. The third kappa shape index (κ3) is 3.49. The van der Waals surface area contributed by atoms with Gasteiger partial charge >= 0.3 is 5.63 Å². The van der Waals surface area contributed by atoms with Gasteiger partial charge < -0.3 is 4.42 Å². The van der Waals surface area contributed by atoms with Gasteiger partial charge in [0, 0.05) is 6.07 Å². The summed E-state index contributed by atoms with van der Waals surface area (Å²) in [5, 5.41) is 0. The van der Waals surface area contributed by atoms with Gasteiger partial charge in [0.25, 0.3) is 0 Å². The maximum Gasteiger partial charge on any atom is 0.335 e. The van der Waals surface area contributed by atoms with Crippen LogP contribution in [-0.4, -0.2) is 0 Å². The zero-order valence-electron chi connectivity index (χ0n) is 16.1. The highest BCUT2D eigenvalue weighted by Gasteiger charge is 2.34. The monoisotopic (exact) mass is 358 g/mol. The fourth-order valence-electron chi connectivity index (χ4n) is 4.65. The van der Waals surface area contributed by atoms with Crippen LogP contribution in [0.25, 0.3) is 11.1 Å². The number of benzene rings is 2. The van der Waals surface area contributed by atoms with Crippen LogP contribution in [0.3, 0.4) is 0 Å². The standard InChI is InChI=1S/C20H22.C5H4O2/c1-20(2)13-15-8-4-5-9-16(15)18-12-11-14-7-3-6-10-17(14)19(18)20;6-5-3-1-2-4-7-5/h4-5,8-9,11-12H,3,6-7,10,13H2,1-2H3;1-4H. The molecule has 27 heavy (non-hydrogen) atoms. The van der Waals surface area contributed by atoms with Gasteiger partial charge in [0.15, 0.2) is 0 Å². The lowest BCUT2D eigenvalue weighted by Crippen LogP contribution is -2.28. The Hall–Kier alpha value is -2.61. The van der Waals surface area contributed by atoms with Crippen LogP contribution in [0.1, 0.15) is 48.9 Å². The van der Waals surface area contributed by atoms with E-state index in [4.69, 9.17) is 0 Å². The molecule has 3 aromatic rings. The SMILES string of the molecule is CC1(C)Cc2ccccc2-c2ccc3c(c21)CCCC3.O=c1cccco1. The molecule has 0 saturated heterocycles. The van der Waals surface area contributed by atoms with E-state index >= 15 is 0 Å². The largest absolute Gasteiger partial charge is 0.431 e. The molecule has 1 heterocycles. The van der Waals surface area contributed by atoms with Gasteiger partial charge in [-0.05, 0) is 77.0 Å². The van der Waals surface area contributed by atoms with E-state index in [1.807, 2.05) is 0 Å². The van der Waals surface area contributed by atoms with Gasteiger partial charge in [-0.1, -0.05) is 56.3 Å². The maximum absolute atomic E-state index is 10.1. The van der Waals surface area contributed by atoms with Crippen LogP contribution in [-0.2, 0) is 24.7 Å². The Labute approximate surface area is 160 Å².